The van der Waals surface area contributed by atoms with Crippen LogP contribution in [0.5, 0.6) is 0 Å². The summed E-state index contributed by atoms with van der Waals surface area (Å²) in [4.78, 5) is 25.9. The van der Waals surface area contributed by atoms with Gasteiger partial charge in [0, 0.05) is 25.9 Å². The number of carbonyl (C=O) groups is 2. The Morgan fingerprint density at radius 2 is 2.29 bits per heavy atom. The predicted molar refractivity (Wildman–Crippen MR) is 49.3 cm³/mol. The molecule has 6 heteroatoms. The number of primary amides is 1. The fourth-order valence-corrected chi connectivity index (χ4v) is 1.08. The smallest absolute Gasteiger partial charge is 0.219 e. The molecule has 0 unspecified atom stereocenters. The molecule has 1 rings (SSSR count). The van der Waals surface area contributed by atoms with Gasteiger partial charge >= 0.3 is 0 Å². The van der Waals surface area contributed by atoms with Gasteiger partial charge in [0.1, 0.15) is 0 Å². The van der Waals surface area contributed by atoms with Crippen molar-refractivity contribution < 1.29 is 9.59 Å². The minimum Gasteiger partial charge on any atom is -0.370 e. The molecule has 76 valence electrons. The predicted octanol–water partition coefficient (Wildman–Crippen LogP) is -1.19. The first-order valence-corrected chi connectivity index (χ1v) is 4.07. The molecule has 6 nitrogen and oxygen atoms in total. The highest BCUT2D eigenvalue weighted by Crippen LogP contribution is 2.01. The number of nitrogens with two attached hydrogens (primary N) is 2. The van der Waals surface area contributed by atoms with Crippen LogP contribution in [0.2, 0.25) is 0 Å². The fraction of sp³-hybridized carbons (Fsp3) is 0.375. The van der Waals surface area contributed by atoms with Gasteiger partial charge in [0.15, 0.2) is 5.82 Å². The molecule has 0 bridgehead atoms. The first-order chi connectivity index (χ1) is 6.52. The number of rotatable bonds is 4. The summed E-state index contributed by atoms with van der Waals surface area (Å²) in [5, 5.41) is 0. The molecular weight excluding hydrogens is 184 g/mol. The topological polar surface area (TPSA) is 104 Å². The summed E-state index contributed by atoms with van der Waals surface area (Å²) in [5.74, 6) is -0.741. The maximum atomic E-state index is 11.5. The third-order valence-electron chi connectivity index (χ3n) is 1.80. The molecule has 0 aromatic carbocycles. The highest BCUT2D eigenvalue weighted by molar-refractivity contribution is 5.99. The summed E-state index contributed by atoms with van der Waals surface area (Å²) in [6.07, 6.45) is 2.96. The molecule has 1 heterocycles. The van der Waals surface area contributed by atoms with Crippen LogP contribution in [-0.4, -0.2) is 27.3 Å². The molecule has 0 radical (unpaired) electrons. The van der Waals surface area contributed by atoms with E-state index in [4.69, 9.17) is 11.5 Å². The van der Waals surface area contributed by atoms with Crippen molar-refractivity contribution in [2.45, 2.75) is 12.5 Å². The lowest BCUT2D eigenvalue weighted by Crippen LogP contribution is -2.36. The molecule has 1 amide bonds. The molecule has 4 N–H and O–H groups in total. The number of hydrogen-bond donors (Lipinski definition) is 2. The second-order valence-electron chi connectivity index (χ2n) is 3.00. The second-order valence-corrected chi connectivity index (χ2v) is 3.00. The van der Waals surface area contributed by atoms with Gasteiger partial charge in [0.2, 0.25) is 11.7 Å². The van der Waals surface area contributed by atoms with Crippen LogP contribution in [0.3, 0.4) is 0 Å². The third-order valence-corrected chi connectivity index (χ3v) is 1.80. The van der Waals surface area contributed by atoms with Gasteiger partial charge in [-0.3, -0.25) is 9.59 Å². The average molecular weight is 196 g/mol. The van der Waals surface area contributed by atoms with Crippen LogP contribution >= 0.6 is 0 Å². The SMILES string of the molecule is Cn1ccnc1C(=O)[C@H](N)CC(N)=O. The molecule has 1 atom stereocenters. The van der Waals surface area contributed by atoms with E-state index in [1.54, 1.807) is 17.8 Å². The molecule has 0 aliphatic heterocycles. The van der Waals surface area contributed by atoms with Crippen LogP contribution in [0.1, 0.15) is 17.0 Å². The molecule has 1 aromatic heterocycles. The van der Waals surface area contributed by atoms with E-state index in [2.05, 4.69) is 4.98 Å². The molecule has 1 aromatic rings. The summed E-state index contributed by atoms with van der Waals surface area (Å²) in [6.45, 7) is 0. The van der Waals surface area contributed by atoms with E-state index >= 15 is 0 Å². The van der Waals surface area contributed by atoms with Gasteiger partial charge in [-0.1, -0.05) is 0 Å². The van der Waals surface area contributed by atoms with Gasteiger partial charge in [-0.25, -0.2) is 4.98 Å². The Labute approximate surface area is 80.9 Å². The molecule has 0 saturated carbocycles. The Balaban J connectivity index is 2.76. The Hall–Kier alpha value is -1.69. The number of ketones is 1. The van der Waals surface area contributed by atoms with Crippen molar-refractivity contribution in [2.24, 2.45) is 18.5 Å². The highest BCUT2D eigenvalue weighted by Gasteiger charge is 2.20. The van der Waals surface area contributed by atoms with E-state index < -0.39 is 11.9 Å². The van der Waals surface area contributed by atoms with Crippen molar-refractivity contribution in [2.75, 3.05) is 0 Å². The summed E-state index contributed by atoms with van der Waals surface area (Å²) in [7, 11) is 1.68. The second kappa shape index (κ2) is 4.01. The van der Waals surface area contributed by atoms with Gasteiger partial charge in [-0.15, -0.1) is 0 Å². The number of nitrogens with zero attached hydrogens (tertiary/aromatic N) is 2. The normalized spacial score (nSPS) is 12.4. The lowest BCUT2D eigenvalue weighted by atomic mass is 10.1. The highest BCUT2D eigenvalue weighted by atomic mass is 16.1. The summed E-state index contributed by atoms with van der Waals surface area (Å²) < 4.78 is 1.54. The van der Waals surface area contributed by atoms with Crippen molar-refractivity contribution in [3.05, 3.63) is 18.2 Å². The summed E-state index contributed by atoms with van der Waals surface area (Å²) >= 11 is 0. The number of carbonyl (C=O) groups excluding carboxylic acids is 2. The Kier molecular flexibility index (Phi) is 2.98. The Morgan fingerprint density at radius 3 is 2.71 bits per heavy atom. The van der Waals surface area contributed by atoms with Gasteiger partial charge in [-0.2, -0.15) is 0 Å². The van der Waals surface area contributed by atoms with E-state index in [0.717, 1.165) is 0 Å². The maximum absolute atomic E-state index is 11.5. The van der Waals surface area contributed by atoms with E-state index in [9.17, 15) is 9.59 Å². The van der Waals surface area contributed by atoms with Crippen LogP contribution in [0.4, 0.5) is 0 Å². The lowest BCUT2D eigenvalue weighted by molar-refractivity contribution is -0.118. The Morgan fingerprint density at radius 1 is 1.64 bits per heavy atom. The number of aryl methyl sites for hydroxylation is 1. The van der Waals surface area contributed by atoms with E-state index in [0.29, 0.717) is 0 Å². The largest absolute Gasteiger partial charge is 0.370 e. The quantitative estimate of drug-likeness (QED) is 0.590. The number of Topliss-reactive ketones (excluding diaryl/α,β-unsaturated/α-hetero) is 1. The van der Waals surface area contributed by atoms with Crippen LogP contribution in [-0.2, 0) is 11.8 Å². The van der Waals surface area contributed by atoms with Crippen molar-refractivity contribution in [1.82, 2.24) is 9.55 Å². The van der Waals surface area contributed by atoms with Crippen molar-refractivity contribution in [3.8, 4) is 0 Å². The number of aromatic nitrogens is 2. The summed E-state index contributed by atoms with van der Waals surface area (Å²) in [5.41, 5.74) is 10.4. The van der Waals surface area contributed by atoms with E-state index in [-0.39, 0.29) is 18.0 Å². The third kappa shape index (κ3) is 2.17. The molecule has 0 fully saturated rings. The zero-order chi connectivity index (χ0) is 10.7. The van der Waals surface area contributed by atoms with Gasteiger partial charge < -0.3 is 16.0 Å². The molecule has 0 saturated heterocycles. The maximum Gasteiger partial charge on any atom is 0.219 e. The number of hydrogen-bond acceptors (Lipinski definition) is 4. The van der Waals surface area contributed by atoms with E-state index in [1.807, 2.05) is 0 Å². The fourth-order valence-electron chi connectivity index (χ4n) is 1.08. The minimum atomic E-state index is -0.909. The van der Waals surface area contributed by atoms with E-state index in [1.165, 1.54) is 6.20 Å². The van der Waals surface area contributed by atoms with Gasteiger partial charge in [0.05, 0.1) is 6.04 Å². The van der Waals surface area contributed by atoms with Crippen LogP contribution in [0, 0.1) is 0 Å². The molecule has 0 aliphatic rings. The van der Waals surface area contributed by atoms with Crippen molar-refractivity contribution in [1.29, 1.82) is 0 Å². The Bertz CT molecular complexity index is 358. The van der Waals surface area contributed by atoms with Crippen molar-refractivity contribution in [3.63, 3.8) is 0 Å². The van der Waals surface area contributed by atoms with Gasteiger partial charge in [-0.05, 0) is 0 Å². The number of imidazole rings is 1. The van der Waals surface area contributed by atoms with Gasteiger partial charge in [0.25, 0.3) is 0 Å². The van der Waals surface area contributed by atoms with Crippen molar-refractivity contribution >= 4 is 11.7 Å². The average Bonchev–Trinajstić information content (AvgIpc) is 2.48. The zero-order valence-corrected chi connectivity index (χ0v) is 7.80. The number of amides is 1. The molecule has 0 aliphatic carbocycles. The lowest BCUT2D eigenvalue weighted by Gasteiger charge is -2.07. The zero-order valence-electron chi connectivity index (χ0n) is 7.80. The van der Waals surface area contributed by atoms with Crippen LogP contribution < -0.4 is 11.5 Å². The monoisotopic (exact) mass is 196 g/mol. The summed E-state index contributed by atoms with van der Waals surface area (Å²) in [6, 6.07) is -0.909. The first-order valence-electron chi connectivity index (χ1n) is 4.07. The standard InChI is InChI=1S/C8H12N4O2/c1-12-3-2-11-8(12)7(14)5(9)4-6(10)13/h2-3,5H,4,9H2,1H3,(H2,10,13)/t5-/m1/s1. The first kappa shape index (κ1) is 10.4. The van der Waals surface area contributed by atoms with Crippen LogP contribution in [0.15, 0.2) is 12.4 Å². The van der Waals surface area contributed by atoms with Crippen LogP contribution in [0.25, 0.3) is 0 Å². The minimum absolute atomic E-state index is 0.161. The molecule has 0 spiro atoms. The molecule has 14 heavy (non-hydrogen) atoms. The molecular formula is C8H12N4O2.